The minimum absolute atomic E-state index is 0.118. The van der Waals surface area contributed by atoms with E-state index in [-0.39, 0.29) is 17.5 Å². The predicted octanol–water partition coefficient (Wildman–Crippen LogP) is 3.01. The number of aromatic nitrogens is 3. The number of fused-ring (bicyclic) bond motifs is 1. The lowest BCUT2D eigenvalue weighted by molar-refractivity contribution is 0.571. The van der Waals surface area contributed by atoms with Gasteiger partial charge in [-0.15, -0.1) is 0 Å². The number of nitrogens with one attached hydrogen (secondary N) is 1. The van der Waals surface area contributed by atoms with E-state index in [1.165, 1.54) is 15.9 Å². The Balaban J connectivity index is 1.92. The fraction of sp³-hybridized carbons (Fsp3) is 0.375. The first-order valence-corrected chi connectivity index (χ1v) is 9.99. The van der Waals surface area contributed by atoms with Gasteiger partial charge in [-0.2, -0.15) is 9.61 Å². The third-order valence-electron chi connectivity index (χ3n) is 3.68. The molecule has 3 aromatic rings. The van der Waals surface area contributed by atoms with Crippen LogP contribution >= 0.6 is 11.3 Å². The minimum atomic E-state index is -3.70. The molecule has 0 radical (unpaired) electrons. The molecule has 0 saturated carbocycles. The van der Waals surface area contributed by atoms with Gasteiger partial charge in [-0.1, -0.05) is 55.0 Å². The highest BCUT2D eigenvalue weighted by molar-refractivity contribution is 7.89. The molecule has 0 amide bonds. The van der Waals surface area contributed by atoms with Crippen molar-refractivity contribution in [3.63, 3.8) is 0 Å². The van der Waals surface area contributed by atoms with Gasteiger partial charge in [-0.05, 0) is 19.4 Å². The summed E-state index contributed by atoms with van der Waals surface area (Å²) in [7, 11) is -3.70. The van der Waals surface area contributed by atoms with Crippen LogP contribution in [-0.2, 0) is 16.6 Å². The van der Waals surface area contributed by atoms with Crippen molar-refractivity contribution in [3.05, 3.63) is 46.1 Å². The molecular weight excluding hydrogens is 344 g/mol. The maximum atomic E-state index is 12.7. The van der Waals surface area contributed by atoms with Gasteiger partial charge in [0, 0.05) is 12.5 Å². The van der Waals surface area contributed by atoms with Crippen molar-refractivity contribution in [2.75, 3.05) is 0 Å². The van der Waals surface area contributed by atoms with Crippen LogP contribution in [0, 0.1) is 13.8 Å². The maximum absolute atomic E-state index is 12.7. The molecule has 6 nitrogen and oxygen atoms in total. The van der Waals surface area contributed by atoms with Crippen LogP contribution in [0.4, 0.5) is 0 Å². The zero-order chi connectivity index (χ0) is 17.5. The Bertz CT molecular complexity index is 970. The van der Waals surface area contributed by atoms with Crippen molar-refractivity contribution in [2.45, 2.75) is 45.2 Å². The Labute approximate surface area is 145 Å². The lowest BCUT2D eigenvalue weighted by Crippen LogP contribution is -2.25. The van der Waals surface area contributed by atoms with Crippen molar-refractivity contribution < 1.29 is 8.42 Å². The van der Waals surface area contributed by atoms with E-state index in [0.717, 1.165) is 16.1 Å². The molecule has 0 unspecified atom stereocenters. The first-order chi connectivity index (χ1) is 11.3. The van der Waals surface area contributed by atoms with E-state index in [1.807, 2.05) is 45.0 Å². The van der Waals surface area contributed by atoms with Crippen molar-refractivity contribution in [1.29, 1.82) is 0 Å². The molecule has 0 bridgehead atoms. The molecule has 1 aromatic carbocycles. The Kier molecular flexibility index (Phi) is 4.46. The van der Waals surface area contributed by atoms with Crippen LogP contribution < -0.4 is 4.72 Å². The summed E-state index contributed by atoms with van der Waals surface area (Å²) in [6.07, 6.45) is 0. The highest BCUT2D eigenvalue weighted by Gasteiger charge is 2.25. The second-order valence-corrected chi connectivity index (χ2v) is 8.77. The zero-order valence-electron chi connectivity index (χ0n) is 14.1. The summed E-state index contributed by atoms with van der Waals surface area (Å²) in [5, 5.41) is 5.41. The third kappa shape index (κ3) is 3.22. The van der Waals surface area contributed by atoms with Crippen molar-refractivity contribution in [1.82, 2.24) is 19.3 Å². The lowest BCUT2D eigenvalue weighted by atomic mass is 10.2. The van der Waals surface area contributed by atoms with E-state index in [2.05, 4.69) is 14.8 Å². The zero-order valence-corrected chi connectivity index (χ0v) is 15.7. The smallest absolute Gasteiger partial charge is 0.221 e. The topological polar surface area (TPSA) is 76.4 Å². The van der Waals surface area contributed by atoms with Crippen LogP contribution in [-0.4, -0.2) is 23.0 Å². The Morgan fingerprint density at radius 1 is 1.21 bits per heavy atom. The number of benzene rings is 1. The van der Waals surface area contributed by atoms with Crippen molar-refractivity contribution in [3.8, 4) is 0 Å². The summed E-state index contributed by atoms with van der Waals surface area (Å²) in [5.74, 6) is 0.230. The van der Waals surface area contributed by atoms with Gasteiger partial charge in [-0.25, -0.2) is 18.1 Å². The van der Waals surface area contributed by atoms with Crippen LogP contribution in [0.15, 0.2) is 29.3 Å². The number of imidazole rings is 1. The fourth-order valence-corrected chi connectivity index (χ4v) is 4.63. The summed E-state index contributed by atoms with van der Waals surface area (Å²) in [5.41, 5.74) is 2.50. The van der Waals surface area contributed by atoms with E-state index in [0.29, 0.717) is 10.7 Å². The van der Waals surface area contributed by atoms with Gasteiger partial charge >= 0.3 is 0 Å². The van der Waals surface area contributed by atoms with E-state index in [1.54, 1.807) is 6.92 Å². The largest absolute Gasteiger partial charge is 0.260 e. The predicted molar refractivity (Wildman–Crippen MR) is 94.9 cm³/mol. The average Bonchev–Trinajstić information content (AvgIpc) is 3.03. The summed E-state index contributed by atoms with van der Waals surface area (Å²) >= 11 is 1.42. The fourth-order valence-electron chi connectivity index (χ4n) is 2.34. The molecule has 0 spiro atoms. The summed E-state index contributed by atoms with van der Waals surface area (Å²) in [4.78, 5) is 4.95. The number of hydrogen-bond acceptors (Lipinski definition) is 5. The number of sulfonamides is 1. The first kappa shape index (κ1) is 17.1. The Morgan fingerprint density at radius 2 is 1.88 bits per heavy atom. The molecule has 2 heterocycles. The molecule has 24 heavy (non-hydrogen) atoms. The molecule has 0 aliphatic rings. The molecule has 0 fully saturated rings. The Morgan fingerprint density at radius 3 is 2.50 bits per heavy atom. The van der Waals surface area contributed by atoms with E-state index >= 15 is 0 Å². The maximum Gasteiger partial charge on any atom is 0.260 e. The van der Waals surface area contributed by atoms with Crippen LogP contribution in [0.5, 0.6) is 0 Å². The number of aryl methyl sites for hydroxylation is 2. The lowest BCUT2D eigenvalue weighted by Gasteiger charge is -2.07. The number of nitrogens with zero attached hydrogens (tertiary/aromatic N) is 3. The summed E-state index contributed by atoms with van der Waals surface area (Å²) < 4.78 is 29.6. The summed E-state index contributed by atoms with van der Waals surface area (Å²) in [6, 6.07) is 7.75. The molecule has 0 saturated heterocycles. The summed E-state index contributed by atoms with van der Waals surface area (Å²) in [6.45, 7) is 7.96. The van der Waals surface area contributed by atoms with Crippen LogP contribution in [0.2, 0.25) is 0 Å². The van der Waals surface area contributed by atoms with Gasteiger partial charge in [0.15, 0.2) is 5.03 Å². The molecule has 3 rings (SSSR count). The molecule has 128 valence electrons. The van der Waals surface area contributed by atoms with Gasteiger partial charge in [0.25, 0.3) is 10.0 Å². The van der Waals surface area contributed by atoms with Gasteiger partial charge in [0.1, 0.15) is 5.01 Å². The standard InChI is InChI=1S/C16H20N4O2S2/c1-10(2)14-19-20-15(12(4)18-16(20)23-14)24(21,22)17-9-13-7-5-11(3)6-8-13/h5-8,10,17H,9H2,1-4H3. The normalized spacial score (nSPS) is 12.4. The molecule has 1 N–H and O–H groups in total. The molecule has 0 aliphatic heterocycles. The highest BCUT2D eigenvalue weighted by Crippen LogP contribution is 2.26. The Hall–Kier alpha value is -1.77. The first-order valence-electron chi connectivity index (χ1n) is 7.69. The van der Waals surface area contributed by atoms with Crippen LogP contribution in [0.3, 0.4) is 0 Å². The second kappa shape index (κ2) is 6.27. The van der Waals surface area contributed by atoms with Gasteiger partial charge in [0.2, 0.25) is 4.96 Å². The molecule has 0 atom stereocenters. The molecule has 2 aromatic heterocycles. The quantitative estimate of drug-likeness (QED) is 0.755. The van der Waals surface area contributed by atoms with E-state index in [9.17, 15) is 8.42 Å². The number of hydrogen-bond donors (Lipinski definition) is 1. The van der Waals surface area contributed by atoms with E-state index < -0.39 is 10.0 Å². The van der Waals surface area contributed by atoms with Gasteiger partial charge in [-0.3, -0.25) is 0 Å². The SMILES string of the molecule is Cc1ccc(CNS(=O)(=O)c2c(C)nc3sc(C(C)C)nn23)cc1. The average molecular weight is 364 g/mol. The minimum Gasteiger partial charge on any atom is -0.221 e. The van der Waals surface area contributed by atoms with Gasteiger partial charge in [0.05, 0.1) is 5.69 Å². The van der Waals surface area contributed by atoms with Crippen molar-refractivity contribution >= 4 is 26.3 Å². The van der Waals surface area contributed by atoms with Crippen molar-refractivity contribution in [2.24, 2.45) is 0 Å². The van der Waals surface area contributed by atoms with E-state index in [4.69, 9.17) is 0 Å². The monoisotopic (exact) mass is 364 g/mol. The van der Waals surface area contributed by atoms with Crippen LogP contribution in [0.1, 0.15) is 41.6 Å². The molecule has 8 heteroatoms. The third-order valence-corrected chi connectivity index (χ3v) is 6.39. The highest BCUT2D eigenvalue weighted by atomic mass is 32.2. The van der Waals surface area contributed by atoms with Crippen LogP contribution in [0.25, 0.3) is 4.96 Å². The van der Waals surface area contributed by atoms with Gasteiger partial charge < -0.3 is 0 Å². The second-order valence-electron chi connectivity index (χ2n) is 6.10. The number of rotatable bonds is 5. The molecule has 0 aliphatic carbocycles. The molecular formula is C16H20N4O2S2.